The average molecular weight is 259 g/mol. The van der Waals surface area contributed by atoms with Gasteiger partial charge >= 0.3 is 0 Å². The number of amides is 1. The number of hydrogen-bond donors (Lipinski definition) is 1. The van der Waals surface area contributed by atoms with Gasteiger partial charge in [0.05, 0.1) is 12.0 Å². The van der Waals surface area contributed by atoms with Crippen molar-refractivity contribution >= 4 is 5.91 Å². The van der Waals surface area contributed by atoms with Crippen LogP contribution in [0.2, 0.25) is 0 Å². The van der Waals surface area contributed by atoms with Gasteiger partial charge in [0, 0.05) is 37.5 Å². The molecule has 0 aliphatic heterocycles. The van der Waals surface area contributed by atoms with E-state index >= 15 is 0 Å². The molecule has 2 heterocycles. The third-order valence-electron chi connectivity index (χ3n) is 2.99. The molecule has 2 aromatic rings. The van der Waals surface area contributed by atoms with Gasteiger partial charge in [0.1, 0.15) is 5.76 Å². The van der Waals surface area contributed by atoms with Crippen LogP contribution in [0.15, 0.2) is 35.1 Å². The van der Waals surface area contributed by atoms with Crippen molar-refractivity contribution in [3.63, 3.8) is 0 Å². The van der Waals surface area contributed by atoms with Crippen LogP contribution in [0, 0.1) is 6.92 Å². The highest BCUT2D eigenvalue weighted by atomic mass is 16.3. The first-order chi connectivity index (χ1) is 9.11. The second-order valence-electron chi connectivity index (χ2n) is 4.40. The van der Waals surface area contributed by atoms with Gasteiger partial charge in [0.15, 0.2) is 0 Å². The molecule has 1 amide bonds. The molecule has 0 spiro atoms. The van der Waals surface area contributed by atoms with E-state index in [9.17, 15) is 4.79 Å². The molecule has 0 aliphatic carbocycles. The maximum absolute atomic E-state index is 12.3. The smallest absolute Gasteiger partial charge is 0.254 e. The quantitative estimate of drug-likeness (QED) is 0.907. The number of carbonyl (C=O) groups is 1. The Morgan fingerprint density at radius 3 is 2.89 bits per heavy atom. The van der Waals surface area contributed by atoms with Crippen LogP contribution < -0.4 is 5.73 Å². The van der Waals surface area contributed by atoms with E-state index in [1.807, 2.05) is 13.0 Å². The van der Waals surface area contributed by atoms with Gasteiger partial charge in [0.25, 0.3) is 5.91 Å². The van der Waals surface area contributed by atoms with Crippen molar-refractivity contribution in [1.29, 1.82) is 0 Å². The predicted molar refractivity (Wildman–Crippen MR) is 71.4 cm³/mol. The van der Waals surface area contributed by atoms with Crippen molar-refractivity contribution in [2.45, 2.75) is 20.0 Å². The molecule has 0 saturated heterocycles. The standard InChI is InChI=1S/C14H17N3O2/c1-10-12(4-6-19-10)9-17(2)14(18)11-3-5-16-13(7-11)8-15/h3-7H,8-9,15H2,1-2H3. The lowest BCUT2D eigenvalue weighted by Crippen LogP contribution is -2.26. The molecule has 0 radical (unpaired) electrons. The van der Waals surface area contributed by atoms with E-state index in [0.29, 0.717) is 24.3 Å². The van der Waals surface area contributed by atoms with Gasteiger partial charge in [-0.25, -0.2) is 0 Å². The van der Waals surface area contributed by atoms with E-state index in [0.717, 1.165) is 11.3 Å². The first-order valence-corrected chi connectivity index (χ1v) is 6.05. The molecule has 2 aromatic heterocycles. The predicted octanol–water partition coefficient (Wildman–Crippen LogP) is 1.71. The second-order valence-corrected chi connectivity index (χ2v) is 4.40. The van der Waals surface area contributed by atoms with Gasteiger partial charge in [-0.1, -0.05) is 0 Å². The number of pyridine rings is 1. The van der Waals surface area contributed by atoms with Gasteiger partial charge in [0.2, 0.25) is 0 Å². The fourth-order valence-electron chi connectivity index (χ4n) is 1.85. The lowest BCUT2D eigenvalue weighted by Gasteiger charge is -2.17. The molecule has 0 fully saturated rings. The number of aryl methyl sites for hydroxylation is 1. The lowest BCUT2D eigenvalue weighted by molar-refractivity contribution is 0.0784. The van der Waals surface area contributed by atoms with Crippen molar-refractivity contribution in [2.75, 3.05) is 7.05 Å². The van der Waals surface area contributed by atoms with Gasteiger partial charge in [-0.3, -0.25) is 9.78 Å². The average Bonchev–Trinajstić information content (AvgIpc) is 2.83. The minimum atomic E-state index is -0.0577. The first-order valence-electron chi connectivity index (χ1n) is 6.05. The zero-order valence-corrected chi connectivity index (χ0v) is 11.1. The van der Waals surface area contributed by atoms with E-state index in [2.05, 4.69) is 4.98 Å². The molecule has 0 saturated carbocycles. The summed E-state index contributed by atoms with van der Waals surface area (Å²) in [4.78, 5) is 18.0. The largest absolute Gasteiger partial charge is 0.469 e. The molecule has 5 heteroatoms. The number of hydrogen-bond acceptors (Lipinski definition) is 4. The maximum Gasteiger partial charge on any atom is 0.254 e. The number of nitrogens with two attached hydrogens (primary N) is 1. The molecule has 2 rings (SSSR count). The summed E-state index contributed by atoms with van der Waals surface area (Å²) in [7, 11) is 1.76. The monoisotopic (exact) mass is 259 g/mol. The number of carbonyl (C=O) groups excluding carboxylic acids is 1. The van der Waals surface area contributed by atoms with Crippen molar-refractivity contribution in [3.05, 3.63) is 53.2 Å². The van der Waals surface area contributed by atoms with Crippen molar-refractivity contribution in [1.82, 2.24) is 9.88 Å². The molecular formula is C14H17N3O2. The van der Waals surface area contributed by atoms with Gasteiger partial charge in [-0.05, 0) is 25.1 Å². The fourth-order valence-corrected chi connectivity index (χ4v) is 1.85. The highest BCUT2D eigenvalue weighted by Crippen LogP contribution is 2.13. The molecule has 0 bridgehead atoms. The first kappa shape index (κ1) is 13.3. The molecule has 0 aromatic carbocycles. The van der Waals surface area contributed by atoms with Crippen molar-refractivity contribution < 1.29 is 9.21 Å². The van der Waals surface area contributed by atoms with Crippen LogP contribution in [0.25, 0.3) is 0 Å². The van der Waals surface area contributed by atoms with E-state index in [1.54, 1.807) is 36.5 Å². The second kappa shape index (κ2) is 5.67. The topological polar surface area (TPSA) is 72.4 Å². The van der Waals surface area contributed by atoms with E-state index < -0.39 is 0 Å². The zero-order chi connectivity index (χ0) is 13.8. The van der Waals surface area contributed by atoms with Crippen LogP contribution in [-0.2, 0) is 13.1 Å². The number of aromatic nitrogens is 1. The molecule has 0 atom stereocenters. The Hall–Kier alpha value is -2.14. The number of nitrogens with zero attached hydrogens (tertiary/aromatic N) is 2. The minimum absolute atomic E-state index is 0.0577. The number of rotatable bonds is 4. The van der Waals surface area contributed by atoms with Gasteiger partial charge in [-0.2, -0.15) is 0 Å². The molecule has 5 nitrogen and oxygen atoms in total. The summed E-state index contributed by atoms with van der Waals surface area (Å²) >= 11 is 0. The molecule has 2 N–H and O–H groups in total. The van der Waals surface area contributed by atoms with E-state index in [-0.39, 0.29) is 5.91 Å². The fraction of sp³-hybridized carbons (Fsp3) is 0.286. The zero-order valence-electron chi connectivity index (χ0n) is 11.1. The summed E-state index contributed by atoms with van der Waals surface area (Å²) in [5, 5.41) is 0. The Bertz CT molecular complexity index is 578. The summed E-state index contributed by atoms with van der Waals surface area (Å²) < 4.78 is 5.22. The summed E-state index contributed by atoms with van der Waals surface area (Å²) in [6, 6.07) is 5.29. The molecule has 0 aliphatic rings. The maximum atomic E-state index is 12.3. The Balaban J connectivity index is 2.12. The Kier molecular flexibility index (Phi) is 3.97. The lowest BCUT2D eigenvalue weighted by atomic mass is 10.2. The molecule has 0 unspecified atom stereocenters. The highest BCUT2D eigenvalue weighted by Gasteiger charge is 2.14. The Morgan fingerprint density at radius 1 is 1.47 bits per heavy atom. The summed E-state index contributed by atoms with van der Waals surface area (Å²) in [5.41, 5.74) is 7.83. The Morgan fingerprint density at radius 2 is 2.26 bits per heavy atom. The number of furan rings is 1. The summed E-state index contributed by atoms with van der Waals surface area (Å²) in [6.07, 6.45) is 3.23. The molecule has 19 heavy (non-hydrogen) atoms. The van der Waals surface area contributed by atoms with E-state index in [4.69, 9.17) is 10.2 Å². The van der Waals surface area contributed by atoms with Crippen molar-refractivity contribution in [2.24, 2.45) is 5.73 Å². The Labute approximate surface area is 112 Å². The normalized spacial score (nSPS) is 10.5. The van der Waals surface area contributed by atoms with Gasteiger partial charge in [-0.15, -0.1) is 0 Å². The molecular weight excluding hydrogens is 242 g/mol. The van der Waals surface area contributed by atoms with E-state index in [1.165, 1.54) is 0 Å². The van der Waals surface area contributed by atoms with Crippen LogP contribution >= 0.6 is 0 Å². The van der Waals surface area contributed by atoms with Gasteiger partial charge < -0.3 is 15.1 Å². The van der Waals surface area contributed by atoms with Crippen LogP contribution in [0.5, 0.6) is 0 Å². The minimum Gasteiger partial charge on any atom is -0.469 e. The van der Waals surface area contributed by atoms with Crippen molar-refractivity contribution in [3.8, 4) is 0 Å². The van der Waals surface area contributed by atoms with Crippen LogP contribution in [-0.4, -0.2) is 22.8 Å². The third kappa shape index (κ3) is 3.00. The highest BCUT2D eigenvalue weighted by molar-refractivity contribution is 5.94. The summed E-state index contributed by atoms with van der Waals surface area (Å²) in [5.74, 6) is 0.773. The molecule has 100 valence electrons. The SMILES string of the molecule is Cc1occc1CN(C)C(=O)c1ccnc(CN)c1. The van der Waals surface area contributed by atoms with Crippen LogP contribution in [0.4, 0.5) is 0 Å². The third-order valence-corrected chi connectivity index (χ3v) is 2.99. The van der Waals surface area contributed by atoms with Crippen LogP contribution in [0.3, 0.4) is 0 Å². The van der Waals surface area contributed by atoms with Crippen LogP contribution in [0.1, 0.15) is 27.4 Å². The summed E-state index contributed by atoms with van der Waals surface area (Å²) in [6.45, 7) is 2.72.